The number of methoxy groups -OCH3 is 1. The standard InChI is InChI=1S/C8H17NO2/c1-11-8(7-10)9-5-3-2-4-6-9/h8,10H,2-7H2,1H3. The monoisotopic (exact) mass is 159 g/mol. The van der Waals surface area contributed by atoms with Gasteiger partial charge in [-0.25, -0.2) is 0 Å². The molecule has 0 aliphatic carbocycles. The van der Waals surface area contributed by atoms with Crippen molar-refractivity contribution in [1.29, 1.82) is 0 Å². The smallest absolute Gasteiger partial charge is 0.133 e. The van der Waals surface area contributed by atoms with E-state index >= 15 is 0 Å². The first kappa shape index (κ1) is 8.97. The summed E-state index contributed by atoms with van der Waals surface area (Å²) in [6.45, 7) is 2.24. The van der Waals surface area contributed by atoms with Gasteiger partial charge in [-0.3, -0.25) is 4.90 Å². The van der Waals surface area contributed by atoms with E-state index < -0.39 is 0 Å². The van der Waals surface area contributed by atoms with Gasteiger partial charge in [0.05, 0.1) is 6.61 Å². The highest BCUT2D eigenvalue weighted by Gasteiger charge is 2.18. The van der Waals surface area contributed by atoms with E-state index in [9.17, 15) is 0 Å². The largest absolute Gasteiger partial charge is 0.392 e. The van der Waals surface area contributed by atoms with Crippen LogP contribution in [0.3, 0.4) is 0 Å². The fraction of sp³-hybridized carbons (Fsp3) is 1.00. The summed E-state index contributed by atoms with van der Waals surface area (Å²) in [5.74, 6) is 0. The summed E-state index contributed by atoms with van der Waals surface area (Å²) in [4.78, 5) is 2.20. The number of hydrogen-bond donors (Lipinski definition) is 1. The van der Waals surface area contributed by atoms with E-state index in [2.05, 4.69) is 4.90 Å². The predicted octanol–water partition coefficient (Wildman–Crippen LogP) is 0.437. The molecule has 0 radical (unpaired) electrons. The molecule has 0 amide bonds. The third kappa shape index (κ3) is 2.43. The molecular formula is C8H17NO2. The topological polar surface area (TPSA) is 32.7 Å². The highest BCUT2D eigenvalue weighted by molar-refractivity contribution is 4.67. The van der Waals surface area contributed by atoms with Crippen LogP contribution in [0.4, 0.5) is 0 Å². The minimum atomic E-state index is -0.0738. The lowest BCUT2D eigenvalue weighted by atomic mass is 10.1. The lowest BCUT2D eigenvalue weighted by Crippen LogP contribution is -2.42. The molecule has 0 aromatic heterocycles. The van der Waals surface area contributed by atoms with Crippen molar-refractivity contribution in [3.05, 3.63) is 0 Å². The maximum Gasteiger partial charge on any atom is 0.133 e. The fourth-order valence-electron chi connectivity index (χ4n) is 1.55. The number of aliphatic hydroxyl groups excluding tert-OH is 1. The van der Waals surface area contributed by atoms with Gasteiger partial charge in [-0.05, 0) is 12.8 Å². The summed E-state index contributed by atoms with van der Waals surface area (Å²) < 4.78 is 5.11. The quantitative estimate of drug-likeness (QED) is 0.648. The number of aliphatic hydroxyl groups is 1. The van der Waals surface area contributed by atoms with Gasteiger partial charge < -0.3 is 9.84 Å². The Hall–Kier alpha value is -0.120. The van der Waals surface area contributed by atoms with E-state index in [0.29, 0.717) is 0 Å². The van der Waals surface area contributed by atoms with Crippen molar-refractivity contribution in [2.45, 2.75) is 25.5 Å². The summed E-state index contributed by atoms with van der Waals surface area (Å²) in [5, 5.41) is 8.91. The SMILES string of the molecule is COC(CO)N1CCCCC1. The molecule has 0 aromatic rings. The highest BCUT2D eigenvalue weighted by atomic mass is 16.5. The van der Waals surface area contributed by atoms with Crippen molar-refractivity contribution >= 4 is 0 Å². The maximum absolute atomic E-state index is 8.91. The van der Waals surface area contributed by atoms with Gasteiger partial charge >= 0.3 is 0 Å². The van der Waals surface area contributed by atoms with Gasteiger partial charge in [0.25, 0.3) is 0 Å². The van der Waals surface area contributed by atoms with Crippen LogP contribution in [0, 0.1) is 0 Å². The molecule has 0 saturated carbocycles. The number of rotatable bonds is 3. The molecule has 1 heterocycles. The van der Waals surface area contributed by atoms with Crippen molar-refractivity contribution in [2.75, 3.05) is 26.8 Å². The molecular weight excluding hydrogens is 142 g/mol. The lowest BCUT2D eigenvalue weighted by Gasteiger charge is -2.32. The number of nitrogens with zero attached hydrogens (tertiary/aromatic N) is 1. The first-order valence-electron chi connectivity index (χ1n) is 4.26. The van der Waals surface area contributed by atoms with E-state index in [1.54, 1.807) is 7.11 Å². The van der Waals surface area contributed by atoms with Crippen molar-refractivity contribution in [3.63, 3.8) is 0 Å². The first-order chi connectivity index (χ1) is 5.38. The zero-order valence-electron chi connectivity index (χ0n) is 7.12. The van der Waals surface area contributed by atoms with Crippen LogP contribution in [-0.2, 0) is 4.74 Å². The summed E-state index contributed by atoms with van der Waals surface area (Å²) in [6.07, 6.45) is 3.72. The molecule has 1 rings (SSSR count). The second-order valence-electron chi connectivity index (χ2n) is 2.97. The first-order valence-corrected chi connectivity index (χ1v) is 4.26. The number of hydrogen-bond acceptors (Lipinski definition) is 3. The van der Waals surface area contributed by atoms with Crippen molar-refractivity contribution in [1.82, 2.24) is 4.90 Å². The predicted molar refractivity (Wildman–Crippen MR) is 43.3 cm³/mol. The maximum atomic E-state index is 8.91. The minimum Gasteiger partial charge on any atom is -0.392 e. The molecule has 11 heavy (non-hydrogen) atoms. The average Bonchev–Trinajstić information content (AvgIpc) is 2.09. The van der Waals surface area contributed by atoms with Crippen LogP contribution in [0.5, 0.6) is 0 Å². The Morgan fingerprint density at radius 3 is 2.45 bits per heavy atom. The van der Waals surface area contributed by atoms with Gasteiger partial charge in [0.1, 0.15) is 6.23 Å². The van der Waals surface area contributed by atoms with E-state index in [1.807, 2.05) is 0 Å². The Kier molecular flexibility index (Phi) is 3.83. The van der Waals surface area contributed by atoms with Crippen LogP contribution in [0.1, 0.15) is 19.3 Å². The number of likely N-dealkylation sites (tertiary alicyclic amines) is 1. The van der Waals surface area contributed by atoms with E-state index in [4.69, 9.17) is 9.84 Å². The van der Waals surface area contributed by atoms with Crippen molar-refractivity contribution in [3.8, 4) is 0 Å². The molecule has 1 unspecified atom stereocenters. The van der Waals surface area contributed by atoms with Crippen molar-refractivity contribution in [2.24, 2.45) is 0 Å². The van der Waals surface area contributed by atoms with Gasteiger partial charge in [-0.1, -0.05) is 6.42 Å². The van der Waals surface area contributed by atoms with Gasteiger partial charge in [-0.2, -0.15) is 0 Å². The van der Waals surface area contributed by atoms with Crippen LogP contribution >= 0.6 is 0 Å². The fourth-order valence-corrected chi connectivity index (χ4v) is 1.55. The minimum absolute atomic E-state index is 0.0738. The molecule has 66 valence electrons. The molecule has 1 fully saturated rings. The normalized spacial score (nSPS) is 23.5. The van der Waals surface area contributed by atoms with Crippen LogP contribution in [-0.4, -0.2) is 43.0 Å². The molecule has 1 aliphatic rings. The second kappa shape index (κ2) is 4.70. The molecule has 0 spiro atoms. The van der Waals surface area contributed by atoms with Gasteiger partial charge in [0.15, 0.2) is 0 Å². The molecule has 1 aliphatic heterocycles. The zero-order chi connectivity index (χ0) is 8.10. The van der Waals surface area contributed by atoms with Gasteiger partial charge in [0.2, 0.25) is 0 Å². The average molecular weight is 159 g/mol. The molecule has 1 atom stereocenters. The summed E-state index contributed by atoms with van der Waals surface area (Å²) in [5.41, 5.74) is 0. The van der Waals surface area contributed by atoms with Crippen LogP contribution in [0.15, 0.2) is 0 Å². The summed E-state index contributed by atoms with van der Waals surface area (Å²) in [7, 11) is 1.65. The molecule has 1 N–H and O–H groups in total. The molecule has 0 aromatic carbocycles. The molecule has 1 saturated heterocycles. The Labute approximate surface area is 68.0 Å². The van der Waals surface area contributed by atoms with Gasteiger partial charge in [-0.15, -0.1) is 0 Å². The Morgan fingerprint density at radius 2 is 2.00 bits per heavy atom. The van der Waals surface area contributed by atoms with E-state index in [-0.39, 0.29) is 12.8 Å². The third-order valence-electron chi connectivity index (χ3n) is 2.23. The van der Waals surface area contributed by atoms with E-state index in [0.717, 1.165) is 13.1 Å². The molecule has 3 heteroatoms. The second-order valence-corrected chi connectivity index (χ2v) is 2.97. The number of ether oxygens (including phenoxy) is 1. The van der Waals surface area contributed by atoms with Crippen LogP contribution in [0.25, 0.3) is 0 Å². The Bertz CT molecular complexity index is 98.3. The van der Waals surface area contributed by atoms with Gasteiger partial charge in [0, 0.05) is 20.2 Å². The highest BCUT2D eigenvalue weighted by Crippen LogP contribution is 2.11. The van der Waals surface area contributed by atoms with Crippen LogP contribution in [0.2, 0.25) is 0 Å². The lowest BCUT2D eigenvalue weighted by molar-refractivity contribution is -0.0708. The van der Waals surface area contributed by atoms with Crippen molar-refractivity contribution < 1.29 is 9.84 Å². The Morgan fingerprint density at radius 1 is 1.36 bits per heavy atom. The Balaban J connectivity index is 2.30. The van der Waals surface area contributed by atoms with E-state index in [1.165, 1.54) is 19.3 Å². The molecule has 0 bridgehead atoms. The third-order valence-corrected chi connectivity index (χ3v) is 2.23. The van der Waals surface area contributed by atoms with Crippen LogP contribution < -0.4 is 0 Å². The zero-order valence-corrected chi connectivity index (χ0v) is 7.12. The summed E-state index contributed by atoms with van der Waals surface area (Å²) in [6, 6.07) is 0. The number of piperidine rings is 1. The molecule has 3 nitrogen and oxygen atoms in total. The summed E-state index contributed by atoms with van der Waals surface area (Å²) >= 11 is 0.